The number of nitrogens with zero attached hydrogens (tertiary/aromatic N) is 3. The number of hydrogen-bond donors (Lipinski definition) is 1. The number of halogens is 1. The second-order valence-electron chi connectivity index (χ2n) is 6.11. The highest BCUT2D eigenvalue weighted by Crippen LogP contribution is 2.54. The van der Waals surface area contributed by atoms with Crippen molar-refractivity contribution in [3.8, 4) is 0 Å². The highest BCUT2D eigenvalue weighted by Gasteiger charge is 2.61. The summed E-state index contributed by atoms with van der Waals surface area (Å²) in [5.74, 6) is 0.877. The van der Waals surface area contributed by atoms with Crippen LogP contribution in [0.4, 0.5) is 11.5 Å². The van der Waals surface area contributed by atoms with Gasteiger partial charge in [-0.05, 0) is 19.3 Å². The van der Waals surface area contributed by atoms with Crippen LogP contribution in [-0.4, -0.2) is 33.8 Å². The van der Waals surface area contributed by atoms with E-state index in [0.717, 1.165) is 17.9 Å². The molecular formula is C14H17ClN4O. The third-order valence-electron chi connectivity index (χ3n) is 4.86. The summed E-state index contributed by atoms with van der Waals surface area (Å²) >= 11 is 6.28. The highest BCUT2D eigenvalue weighted by atomic mass is 35.5. The molecule has 2 unspecified atom stereocenters. The quantitative estimate of drug-likeness (QED) is 0.806. The number of aromatic nitrogens is 2. The van der Waals surface area contributed by atoms with Crippen molar-refractivity contribution in [1.82, 2.24) is 9.97 Å². The Morgan fingerprint density at radius 1 is 1.40 bits per heavy atom. The molecule has 2 atom stereocenters. The molecule has 2 saturated carbocycles. The van der Waals surface area contributed by atoms with Crippen LogP contribution >= 0.6 is 11.6 Å². The molecule has 0 bridgehead atoms. The summed E-state index contributed by atoms with van der Waals surface area (Å²) in [5, 5.41) is 2.91. The van der Waals surface area contributed by atoms with Crippen LogP contribution in [0.2, 0.25) is 0 Å². The Kier molecular flexibility index (Phi) is 2.67. The molecule has 5 nitrogen and oxygen atoms in total. The number of anilines is 2. The number of rotatable bonds is 1. The molecule has 1 aromatic rings. The maximum absolute atomic E-state index is 12.5. The normalized spacial score (nSPS) is 33.0. The second-order valence-corrected chi connectivity index (χ2v) is 6.63. The lowest BCUT2D eigenvalue weighted by atomic mass is 10.0. The van der Waals surface area contributed by atoms with Crippen LogP contribution in [-0.2, 0) is 4.79 Å². The first-order valence-electron chi connectivity index (χ1n) is 7.23. The van der Waals surface area contributed by atoms with E-state index in [2.05, 4.69) is 20.2 Å². The Morgan fingerprint density at radius 3 is 2.85 bits per heavy atom. The van der Waals surface area contributed by atoms with Crippen molar-refractivity contribution in [3.63, 3.8) is 0 Å². The van der Waals surface area contributed by atoms with Crippen molar-refractivity contribution in [1.29, 1.82) is 0 Å². The summed E-state index contributed by atoms with van der Waals surface area (Å²) in [7, 11) is 0. The van der Waals surface area contributed by atoms with Crippen molar-refractivity contribution in [2.45, 2.75) is 43.5 Å². The van der Waals surface area contributed by atoms with Crippen LogP contribution in [0.5, 0.6) is 0 Å². The summed E-state index contributed by atoms with van der Waals surface area (Å²) in [5.41, 5.74) is 0.280. The van der Waals surface area contributed by atoms with Crippen molar-refractivity contribution in [2.24, 2.45) is 5.41 Å². The number of amides is 1. The fourth-order valence-electron chi connectivity index (χ4n) is 3.52. The SMILES string of the molecule is O=C1Nc2cncnc2N(C2CCCC2)CC12CC2Cl. The van der Waals surface area contributed by atoms with Crippen LogP contribution in [0.1, 0.15) is 32.1 Å². The lowest BCUT2D eigenvalue weighted by Gasteiger charge is -2.31. The zero-order valence-electron chi connectivity index (χ0n) is 11.2. The highest BCUT2D eigenvalue weighted by molar-refractivity contribution is 6.27. The van der Waals surface area contributed by atoms with Gasteiger partial charge in [0.15, 0.2) is 5.82 Å². The molecule has 1 spiro atoms. The molecule has 106 valence electrons. The van der Waals surface area contributed by atoms with E-state index in [1.54, 1.807) is 12.5 Å². The maximum Gasteiger partial charge on any atom is 0.234 e. The minimum absolute atomic E-state index is 0.0223. The van der Waals surface area contributed by atoms with Gasteiger partial charge in [0.1, 0.15) is 12.0 Å². The zero-order chi connectivity index (χ0) is 13.7. The molecule has 4 rings (SSSR count). The van der Waals surface area contributed by atoms with E-state index < -0.39 is 5.41 Å². The van der Waals surface area contributed by atoms with Crippen LogP contribution in [0.3, 0.4) is 0 Å². The largest absolute Gasteiger partial charge is 0.351 e. The molecule has 0 radical (unpaired) electrons. The lowest BCUT2D eigenvalue weighted by molar-refractivity contribution is -0.120. The molecule has 1 amide bonds. The van der Waals surface area contributed by atoms with Gasteiger partial charge in [0.05, 0.1) is 17.0 Å². The Labute approximate surface area is 122 Å². The van der Waals surface area contributed by atoms with Gasteiger partial charge in [-0.15, -0.1) is 11.6 Å². The second kappa shape index (κ2) is 4.32. The van der Waals surface area contributed by atoms with Crippen molar-refractivity contribution >= 4 is 29.0 Å². The van der Waals surface area contributed by atoms with Gasteiger partial charge in [0, 0.05) is 12.6 Å². The van der Waals surface area contributed by atoms with E-state index in [0.29, 0.717) is 12.6 Å². The summed E-state index contributed by atoms with van der Waals surface area (Å²) < 4.78 is 0. The first-order valence-corrected chi connectivity index (χ1v) is 7.66. The number of hydrogen-bond acceptors (Lipinski definition) is 4. The minimum Gasteiger partial charge on any atom is -0.351 e. The summed E-state index contributed by atoms with van der Waals surface area (Å²) in [6.45, 7) is 0.682. The smallest absolute Gasteiger partial charge is 0.234 e. The first-order chi connectivity index (χ1) is 9.71. The summed E-state index contributed by atoms with van der Waals surface area (Å²) in [4.78, 5) is 23.2. The molecule has 2 aliphatic carbocycles. The van der Waals surface area contributed by atoms with Gasteiger partial charge < -0.3 is 10.2 Å². The molecular weight excluding hydrogens is 276 g/mol. The van der Waals surface area contributed by atoms with Gasteiger partial charge in [-0.3, -0.25) is 4.79 Å². The average molecular weight is 293 g/mol. The molecule has 1 aromatic heterocycles. The molecule has 1 aliphatic heterocycles. The molecule has 2 heterocycles. The standard InChI is InChI=1S/C14H17ClN4O/c15-11-5-14(11)7-19(9-3-1-2-4-9)12-10(18-13(14)20)6-16-8-17-12/h6,8-9,11H,1-5,7H2,(H,18,20). The molecule has 3 aliphatic rings. The van der Waals surface area contributed by atoms with Gasteiger partial charge in [0.25, 0.3) is 0 Å². The Balaban J connectivity index is 1.76. The summed E-state index contributed by atoms with van der Waals surface area (Å²) in [6, 6.07) is 0.470. The molecule has 0 saturated heterocycles. The van der Waals surface area contributed by atoms with Crippen molar-refractivity contribution in [2.75, 3.05) is 16.8 Å². The Bertz CT molecular complexity index is 560. The van der Waals surface area contributed by atoms with Gasteiger partial charge in [-0.1, -0.05) is 12.8 Å². The predicted molar refractivity (Wildman–Crippen MR) is 77.0 cm³/mol. The van der Waals surface area contributed by atoms with E-state index in [1.807, 2.05) is 0 Å². The van der Waals surface area contributed by atoms with E-state index in [1.165, 1.54) is 25.7 Å². The first kappa shape index (κ1) is 12.4. The van der Waals surface area contributed by atoms with Gasteiger partial charge in [0.2, 0.25) is 5.91 Å². The average Bonchev–Trinajstić information content (AvgIpc) is 2.88. The topological polar surface area (TPSA) is 58.1 Å². The number of carbonyl (C=O) groups excluding carboxylic acids is 1. The maximum atomic E-state index is 12.5. The predicted octanol–water partition coefficient (Wildman–Crippen LogP) is 2.18. The van der Waals surface area contributed by atoms with Crippen LogP contribution in [0.15, 0.2) is 12.5 Å². The van der Waals surface area contributed by atoms with E-state index in [9.17, 15) is 4.79 Å². The van der Waals surface area contributed by atoms with Gasteiger partial charge in [-0.25, -0.2) is 9.97 Å². The number of fused-ring (bicyclic) bond motifs is 1. The minimum atomic E-state index is -0.440. The molecule has 20 heavy (non-hydrogen) atoms. The van der Waals surface area contributed by atoms with Crippen LogP contribution in [0.25, 0.3) is 0 Å². The van der Waals surface area contributed by atoms with Crippen molar-refractivity contribution in [3.05, 3.63) is 12.5 Å². The summed E-state index contributed by atoms with van der Waals surface area (Å²) in [6.07, 6.45) is 8.83. The van der Waals surface area contributed by atoms with Gasteiger partial charge in [-0.2, -0.15) is 0 Å². The third kappa shape index (κ3) is 1.72. The van der Waals surface area contributed by atoms with Crippen LogP contribution < -0.4 is 10.2 Å². The van der Waals surface area contributed by atoms with Crippen molar-refractivity contribution < 1.29 is 4.79 Å². The number of alkyl halides is 1. The number of nitrogens with one attached hydrogen (secondary N) is 1. The van der Waals surface area contributed by atoms with Crippen LogP contribution in [0, 0.1) is 5.41 Å². The zero-order valence-corrected chi connectivity index (χ0v) is 11.9. The third-order valence-corrected chi connectivity index (χ3v) is 5.44. The van der Waals surface area contributed by atoms with E-state index in [4.69, 9.17) is 11.6 Å². The molecule has 2 fully saturated rings. The Hall–Kier alpha value is -1.36. The van der Waals surface area contributed by atoms with E-state index in [-0.39, 0.29) is 11.3 Å². The fraction of sp³-hybridized carbons (Fsp3) is 0.643. The van der Waals surface area contributed by atoms with Gasteiger partial charge >= 0.3 is 0 Å². The number of carbonyl (C=O) groups is 1. The fourth-order valence-corrected chi connectivity index (χ4v) is 3.96. The molecule has 1 N–H and O–H groups in total. The molecule has 0 aromatic carbocycles. The van der Waals surface area contributed by atoms with E-state index >= 15 is 0 Å². The molecule has 6 heteroatoms. The lowest BCUT2D eigenvalue weighted by Crippen LogP contribution is -2.41. The monoisotopic (exact) mass is 292 g/mol. The Morgan fingerprint density at radius 2 is 2.15 bits per heavy atom.